The summed E-state index contributed by atoms with van der Waals surface area (Å²) in [4.78, 5) is 4.39. The van der Waals surface area contributed by atoms with Gasteiger partial charge in [-0.05, 0) is 26.3 Å². The molecule has 0 bridgehead atoms. The first-order valence-corrected chi connectivity index (χ1v) is 7.08. The second-order valence-electron chi connectivity index (χ2n) is 4.58. The van der Waals surface area contributed by atoms with Gasteiger partial charge in [-0.3, -0.25) is 0 Å². The van der Waals surface area contributed by atoms with Gasteiger partial charge >= 0.3 is 0 Å². The van der Waals surface area contributed by atoms with Gasteiger partial charge in [-0.2, -0.15) is 0 Å². The van der Waals surface area contributed by atoms with Crippen molar-refractivity contribution in [1.29, 1.82) is 0 Å². The smallest absolute Gasteiger partial charge is 0.105 e. The lowest BCUT2D eigenvalue weighted by molar-refractivity contribution is 0.0679. The van der Waals surface area contributed by atoms with E-state index in [1.165, 1.54) is 5.69 Å². The van der Waals surface area contributed by atoms with E-state index in [4.69, 9.17) is 9.47 Å². The standard InChI is InChI=1S/C14H27N3O2/c1-4-6-15-11-14-12-16-13(2)17(14)7-5-8-19-10-9-18-3/h12,15H,4-11H2,1-3H3. The van der Waals surface area contributed by atoms with Crippen LogP contribution >= 0.6 is 0 Å². The summed E-state index contributed by atoms with van der Waals surface area (Å²) < 4.78 is 12.7. The van der Waals surface area contributed by atoms with Gasteiger partial charge in [0.05, 0.1) is 18.9 Å². The first-order chi connectivity index (χ1) is 9.29. The molecule has 0 saturated heterocycles. The van der Waals surface area contributed by atoms with Crippen LogP contribution in [0.15, 0.2) is 6.20 Å². The maximum Gasteiger partial charge on any atom is 0.105 e. The molecule has 0 spiro atoms. The molecule has 1 heterocycles. The van der Waals surface area contributed by atoms with Gasteiger partial charge in [0.15, 0.2) is 0 Å². The molecule has 1 aromatic heterocycles. The molecule has 1 rings (SSSR count). The Morgan fingerprint density at radius 3 is 2.89 bits per heavy atom. The van der Waals surface area contributed by atoms with Crippen LogP contribution in [-0.4, -0.2) is 43.0 Å². The molecule has 1 N–H and O–H groups in total. The second-order valence-corrected chi connectivity index (χ2v) is 4.58. The van der Waals surface area contributed by atoms with E-state index in [-0.39, 0.29) is 0 Å². The molecule has 0 radical (unpaired) electrons. The van der Waals surface area contributed by atoms with Crippen molar-refractivity contribution in [2.45, 2.75) is 39.8 Å². The molecule has 1 aromatic rings. The summed E-state index contributed by atoms with van der Waals surface area (Å²) in [6.07, 6.45) is 4.12. The Balaban J connectivity index is 2.29. The van der Waals surface area contributed by atoms with Crippen molar-refractivity contribution in [3.63, 3.8) is 0 Å². The first-order valence-electron chi connectivity index (χ1n) is 7.08. The summed E-state index contributed by atoms with van der Waals surface area (Å²) in [5.41, 5.74) is 1.25. The van der Waals surface area contributed by atoms with Crippen LogP contribution in [0.4, 0.5) is 0 Å². The molecule has 0 atom stereocenters. The largest absolute Gasteiger partial charge is 0.382 e. The zero-order valence-electron chi connectivity index (χ0n) is 12.4. The molecule has 0 aliphatic rings. The van der Waals surface area contributed by atoms with E-state index < -0.39 is 0 Å². The monoisotopic (exact) mass is 269 g/mol. The van der Waals surface area contributed by atoms with E-state index in [1.54, 1.807) is 7.11 Å². The zero-order valence-corrected chi connectivity index (χ0v) is 12.4. The molecular formula is C14H27N3O2. The lowest BCUT2D eigenvalue weighted by Gasteiger charge is -2.11. The molecule has 0 fully saturated rings. The van der Waals surface area contributed by atoms with E-state index in [0.29, 0.717) is 13.2 Å². The van der Waals surface area contributed by atoms with Gasteiger partial charge in [-0.15, -0.1) is 0 Å². The number of hydrogen-bond donors (Lipinski definition) is 1. The van der Waals surface area contributed by atoms with Crippen molar-refractivity contribution in [2.75, 3.05) is 33.5 Å². The summed E-state index contributed by atoms with van der Waals surface area (Å²) in [6, 6.07) is 0. The number of imidazole rings is 1. The van der Waals surface area contributed by atoms with Gasteiger partial charge in [0.1, 0.15) is 5.82 Å². The van der Waals surface area contributed by atoms with E-state index in [0.717, 1.165) is 44.9 Å². The van der Waals surface area contributed by atoms with Crippen LogP contribution in [0.2, 0.25) is 0 Å². The summed E-state index contributed by atoms with van der Waals surface area (Å²) in [5, 5.41) is 3.41. The number of hydrogen-bond acceptors (Lipinski definition) is 4. The van der Waals surface area contributed by atoms with Crippen molar-refractivity contribution >= 4 is 0 Å². The molecule has 0 amide bonds. The average molecular weight is 269 g/mol. The molecule has 0 aromatic carbocycles. The van der Waals surface area contributed by atoms with E-state index in [1.807, 2.05) is 6.20 Å². The Morgan fingerprint density at radius 2 is 2.16 bits per heavy atom. The fourth-order valence-corrected chi connectivity index (χ4v) is 1.92. The van der Waals surface area contributed by atoms with Crippen molar-refractivity contribution in [1.82, 2.24) is 14.9 Å². The number of aromatic nitrogens is 2. The Hall–Kier alpha value is -0.910. The van der Waals surface area contributed by atoms with Crippen molar-refractivity contribution in [3.8, 4) is 0 Å². The molecule has 0 saturated carbocycles. The van der Waals surface area contributed by atoms with Crippen LogP contribution < -0.4 is 5.32 Å². The summed E-state index contributed by atoms with van der Waals surface area (Å²) >= 11 is 0. The van der Waals surface area contributed by atoms with E-state index in [2.05, 4.69) is 28.7 Å². The minimum absolute atomic E-state index is 0.663. The number of nitrogens with one attached hydrogen (secondary N) is 1. The number of nitrogens with zero attached hydrogens (tertiary/aromatic N) is 2. The molecule has 19 heavy (non-hydrogen) atoms. The molecule has 0 aliphatic carbocycles. The molecular weight excluding hydrogens is 242 g/mol. The number of ether oxygens (including phenoxy) is 2. The molecule has 0 unspecified atom stereocenters. The highest BCUT2D eigenvalue weighted by Crippen LogP contribution is 2.06. The molecule has 5 heteroatoms. The van der Waals surface area contributed by atoms with Gasteiger partial charge in [-0.25, -0.2) is 4.98 Å². The quantitative estimate of drug-likeness (QED) is 0.622. The minimum Gasteiger partial charge on any atom is -0.382 e. The molecule has 5 nitrogen and oxygen atoms in total. The molecule has 110 valence electrons. The van der Waals surface area contributed by atoms with Crippen LogP contribution in [0.3, 0.4) is 0 Å². The van der Waals surface area contributed by atoms with Gasteiger partial charge < -0.3 is 19.4 Å². The SMILES string of the molecule is CCCNCc1cnc(C)n1CCCOCCOC. The predicted octanol–water partition coefficient (Wildman–Crippen LogP) is 1.74. The fraction of sp³-hybridized carbons (Fsp3) is 0.786. The Morgan fingerprint density at radius 1 is 1.32 bits per heavy atom. The maximum absolute atomic E-state index is 5.48. The van der Waals surface area contributed by atoms with E-state index in [9.17, 15) is 0 Å². The van der Waals surface area contributed by atoms with E-state index >= 15 is 0 Å². The Bertz CT molecular complexity index is 339. The second kappa shape index (κ2) is 9.95. The van der Waals surface area contributed by atoms with Gasteiger partial charge in [0.2, 0.25) is 0 Å². The highest BCUT2D eigenvalue weighted by Gasteiger charge is 2.05. The Kier molecular flexibility index (Phi) is 8.45. The average Bonchev–Trinajstić information content (AvgIpc) is 2.75. The highest BCUT2D eigenvalue weighted by molar-refractivity contribution is 5.04. The number of methoxy groups -OCH3 is 1. The zero-order chi connectivity index (χ0) is 13.9. The summed E-state index contributed by atoms with van der Waals surface area (Å²) in [7, 11) is 1.69. The third-order valence-corrected chi connectivity index (χ3v) is 2.97. The lowest BCUT2D eigenvalue weighted by Crippen LogP contribution is -2.18. The summed E-state index contributed by atoms with van der Waals surface area (Å²) in [5.74, 6) is 1.07. The molecule has 0 aliphatic heterocycles. The first kappa shape index (κ1) is 16.1. The van der Waals surface area contributed by atoms with Gasteiger partial charge in [0.25, 0.3) is 0 Å². The number of rotatable bonds is 11. The van der Waals surface area contributed by atoms with Crippen LogP contribution in [0.5, 0.6) is 0 Å². The third kappa shape index (κ3) is 6.18. The topological polar surface area (TPSA) is 48.3 Å². The minimum atomic E-state index is 0.663. The van der Waals surface area contributed by atoms with Crippen LogP contribution in [0.1, 0.15) is 31.3 Å². The number of aryl methyl sites for hydroxylation is 1. The van der Waals surface area contributed by atoms with Crippen molar-refractivity contribution < 1.29 is 9.47 Å². The van der Waals surface area contributed by atoms with Crippen LogP contribution in [0.25, 0.3) is 0 Å². The maximum atomic E-state index is 5.48. The Labute approximate surface area is 116 Å². The van der Waals surface area contributed by atoms with Crippen LogP contribution in [-0.2, 0) is 22.6 Å². The predicted molar refractivity (Wildman–Crippen MR) is 76.3 cm³/mol. The van der Waals surface area contributed by atoms with Crippen molar-refractivity contribution in [2.24, 2.45) is 0 Å². The van der Waals surface area contributed by atoms with Crippen LogP contribution in [0, 0.1) is 6.92 Å². The highest BCUT2D eigenvalue weighted by atomic mass is 16.5. The van der Waals surface area contributed by atoms with Gasteiger partial charge in [0, 0.05) is 33.0 Å². The lowest BCUT2D eigenvalue weighted by atomic mass is 10.3. The third-order valence-electron chi connectivity index (χ3n) is 2.97. The normalized spacial score (nSPS) is 11.1. The summed E-state index contributed by atoms with van der Waals surface area (Å²) in [6.45, 7) is 9.22. The van der Waals surface area contributed by atoms with Gasteiger partial charge in [-0.1, -0.05) is 6.92 Å². The van der Waals surface area contributed by atoms with Crippen molar-refractivity contribution in [3.05, 3.63) is 17.7 Å². The fourth-order valence-electron chi connectivity index (χ4n) is 1.92.